The average Bonchev–Trinajstić information content (AvgIpc) is 2.47. The van der Waals surface area contributed by atoms with Gasteiger partial charge < -0.3 is 5.73 Å². The molecule has 0 saturated carbocycles. The van der Waals surface area contributed by atoms with E-state index in [1.807, 2.05) is 13.8 Å². The molecule has 15 heavy (non-hydrogen) atoms. The van der Waals surface area contributed by atoms with Crippen LogP contribution in [-0.4, -0.2) is 19.7 Å². The smallest absolute Gasteiger partial charge is 0.170 e. The van der Waals surface area contributed by atoms with Gasteiger partial charge in [0, 0.05) is 6.20 Å². The topological polar surface area (TPSA) is 69.6 Å². The van der Waals surface area contributed by atoms with Gasteiger partial charge >= 0.3 is 0 Å². The first-order valence-corrected chi connectivity index (χ1v) is 5.46. The molecule has 78 valence electrons. The first-order valence-electron chi connectivity index (χ1n) is 4.39. The van der Waals surface area contributed by atoms with E-state index in [0.29, 0.717) is 5.69 Å². The Morgan fingerprint density at radius 3 is 2.67 bits per heavy atom. The molecule has 0 aliphatic rings. The fourth-order valence-corrected chi connectivity index (χ4v) is 1.85. The van der Waals surface area contributed by atoms with Crippen molar-refractivity contribution in [3.63, 3.8) is 0 Å². The van der Waals surface area contributed by atoms with Crippen molar-refractivity contribution in [3.05, 3.63) is 27.5 Å². The summed E-state index contributed by atoms with van der Waals surface area (Å²) in [4.78, 5) is 8.13. The summed E-state index contributed by atoms with van der Waals surface area (Å²) < 4.78 is 2.69. The van der Waals surface area contributed by atoms with Crippen LogP contribution >= 0.6 is 22.6 Å². The summed E-state index contributed by atoms with van der Waals surface area (Å²) in [6.45, 7) is 3.81. The molecular weight excluding hydrogens is 305 g/mol. The molecule has 0 saturated heterocycles. The predicted octanol–water partition coefficient (Wildman–Crippen LogP) is 1.47. The van der Waals surface area contributed by atoms with Crippen molar-refractivity contribution >= 4 is 28.3 Å². The van der Waals surface area contributed by atoms with Crippen LogP contribution in [0.5, 0.6) is 0 Å². The number of aromatic nitrogens is 4. The van der Waals surface area contributed by atoms with Crippen molar-refractivity contribution < 1.29 is 0 Å². The van der Waals surface area contributed by atoms with Crippen LogP contribution in [0.2, 0.25) is 0 Å². The standard InChI is InChI=1S/C9H10IN5/c1-5-8(11)6(2)15(14-5)9-7(10)3-12-4-13-9/h3-4H,11H2,1-2H3. The van der Waals surface area contributed by atoms with Gasteiger partial charge in [-0.25, -0.2) is 14.6 Å². The summed E-state index contributed by atoms with van der Waals surface area (Å²) in [5.74, 6) is 0.767. The summed E-state index contributed by atoms with van der Waals surface area (Å²) in [7, 11) is 0. The predicted molar refractivity (Wildman–Crippen MR) is 65.8 cm³/mol. The highest BCUT2D eigenvalue weighted by Gasteiger charge is 2.12. The molecule has 2 aromatic heterocycles. The molecule has 0 aliphatic carbocycles. The number of nitrogens with zero attached hydrogens (tertiary/aromatic N) is 4. The summed E-state index contributed by atoms with van der Waals surface area (Å²) in [6, 6.07) is 0. The van der Waals surface area contributed by atoms with Crippen molar-refractivity contribution in [2.75, 3.05) is 5.73 Å². The zero-order chi connectivity index (χ0) is 11.0. The van der Waals surface area contributed by atoms with Crippen LogP contribution in [0, 0.1) is 17.4 Å². The second-order valence-electron chi connectivity index (χ2n) is 3.19. The summed E-state index contributed by atoms with van der Waals surface area (Å²) >= 11 is 2.17. The number of rotatable bonds is 1. The Morgan fingerprint density at radius 1 is 1.40 bits per heavy atom. The third-order valence-corrected chi connectivity index (χ3v) is 2.96. The lowest BCUT2D eigenvalue weighted by atomic mass is 10.3. The van der Waals surface area contributed by atoms with Gasteiger partial charge in [-0.1, -0.05) is 0 Å². The van der Waals surface area contributed by atoms with Gasteiger partial charge in [0.2, 0.25) is 0 Å². The van der Waals surface area contributed by atoms with Gasteiger partial charge in [-0.3, -0.25) is 0 Å². The van der Waals surface area contributed by atoms with E-state index >= 15 is 0 Å². The van der Waals surface area contributed by atoms with E-state index in [9.17, 15) is 0 Å². The molecule has 0 amide bonds. The molecule has 0 fully saturated rings. The highest BCUT2D eigenvalue weighted by molar-refractivity contribution is 14.1. The highest BCUT2D eigenvalue weighted by atomic mass is 127. The Balaban J connectivity index is 2.65. The van der Waals surface area contributed by atoms with Crippen molar-refractivity contribution in [2.45, 2.75) is 13.8 Å². The van der Waals surface area contributed by atoms with E-state index in [4.69, 9.17) is 5.73 Å². The van der Waals surface area contributed by atoms with Crippen LogP contribution in [-0.2, 0) is 0 Å². The Kier molecular flexibility index (Phi) is 2.59. The molecule has 0 aliphatic heterocycles. The second kappa shape index (κ2) is 3.76. The zero-order valence-electron chi connectivity index (χ0n) is 8.40. The van der Waals surface area contributed by atoms with Gasteiger partial charge in [-0.05, 0) is 36.4 Å². The van der Waals surface area contributed by atoms with Crippen LogP contribution in [0.15, 0.2) is 12.5 Å². The minimum atomic E-state index is 0.712. The van der Waals surface area contributed by atoms with Crippen LogP contribution in [0.25, 0.3) is 5.82 Å². The van der Waals surface area contributed by atoms with Crippen molar-refractivity contribution in [3.8, 4) is 5.82 Å². The Bertz CT molecular complexity index is 505. The van der Waals surface area contributed by atoms with Gasteiger partial charge in [0.15, 0.2) is 5.82 Å². The minimum absolute atomic E-state index is 0.712. The van der Waals surface area contributed by atoms with Crippen molar-refractivity contribution in [2.24, 2.45) is 0 Å². The molecule has 6 heteroatoms. The summed E-state index contributed by atoms with van der Waals surface area (Å²) in [5, 5.41) is 4.34. The molecular formula is C9H10IN5. The van der Waals surface area contributed by atoms with Gasteiger partial charge in [0.25, 0.3) is 0 Å². The van der Waals surface area contributed by atoms with Gasteiger partial charge in [0.1, 0.15) is 6.33 Å². The molecule has 0 unspecified atom stereocenters. The first-order chi connectivity index (χ1) is 7.11. The fraction of sp³-hybridized carbons (Fsp3) is 0.222. The van der Waals surface area contributed by atoms with Crippen molar-refractivity contribution in [1.82, 2.24) is 19.7 Å². The maximum absolute atomic E-state index is 5.86. The van der Waals surface area contributed by atoms with Crippen LogP contribution in [0.3, 0.4) is 0 Å². The molecule has 2 rings (SSSR count). The molecule has 0 radical (unpaired) electrons. The van der Waals surface area contributed by atoms with Gasteiger partial charge in [0.05, 0.1) is 20.6 Å². The lowest BCUT2D eigenvalue weighted by Crippen LogP contribution is -2.05. The van der Waals surface area contributed by atoms with E-state index in [1.165, 1.54) is 6.33 Å². The zero-order valence-corrected chi connectivity index (χ0v) is 10.6. The van der Waals surface area contributed by atoms with E-state index in [0.717, 1.165) is 20.8 Å². The second-order valence-corrected chi connectivity index (χ2v) is 4.35. The average molecular weight is 315 g/mol. The number of anilines is 1. The molecule has 2 heterocycles. The van der Waals surface area contributed by atoms with Crippen molar-refractivity contribution in [1.29, 1.82) is 0 Å². The number of hydrogen-bond donors (Lipinski definition) is 1. The summed E-state index contributed by atoms with van der Waals surface area (Å²) in [6.07, 6.45) is 3.25. The minimum Gasteiger partial charge on any atom is -0.396 e. The van der Waals surface area contributed by atoms with Crippen LogP contribution in [0.1, 0.15) is 11.4 Å². The lowest BCUT2D eigenvalue weighted by molar-refractivity contribution is 0.795. The maximum Gasteiger partial charge on any atom is 0.170 e. The van der Waals surface area contributed by atoms with Gasteiger partial charge in [-0.2, -0.15) is 5.10 Å². The number of nitrogen functional groups attached to an aromatic ring is 1. The Morgan fingerprint density at radius 2 is 2.13 bits per heavy atom. The molecule has 2 N–H and O–H groups in total. The van der Waals surface area contributed by atoms with E-state index in [-0.39, 0.29) is 0 Å². The maximum atomic E-state index is 5.86. The number of halogens is 1. The Hall–Kier alpha value is -1.18. The molecule has 0 spiro atoms. The summed E-state index contributed by atoms with van der Waals surface area (Å²) in [5.41, 5.74) is 8.30. The van der Waals surface area contributed by atoms with Crippen LogP contribution in [0.4, 0.5) is 5.69 Å². The highest BCUT2D eigenvalue weighted by Crippen LogP contribution is 2.20. The van der Waals surface area contributed by atoms with E-state index in [1.54, 1.807) is 10.9 Å². The van der Waals surface area contributed by atoms with Crippen LogP contribution < -0.4 is 5.73 Å². The normalized spacial score (nSPS) is 10.6. The largest absolute Gasteiger partial charge is 0.396 e. The molecule has 0 bridgehead atoms. The number of hydrogen-bond acceptors (Lipinski definition) is 4. The van der Waals surface area contributed by atoms with E-state index in [2.05, 4.69) is 37.7 Å². The first kappa shape index (κ1) is 10.3. The Labute approximate surface area is 101 Å². The molecule has 0 atom stereocenters. The monoisotopic (exact) mass is 315 g/mol. The number of aryl methyl sites for hydroxylation is 1. The molecule has 0 aromatic carbocycles. The van der Waals surface area contributed by atoms with Gasteiger partial charge in [-0.15, -0.1) is 0 Å². The third kappa shape index (κ3) is 1.69. The molecule has 5 nitrogen and oxygen atoms in total. The SMILES string of the molecule is Cc1nn(-c2ncncc2I)c(C)c1N. The van der Waals surface area contributed by atoms with E-state index < -0.39 is 0 Å². The quantitative estimate of drug-likeness (QED) is 0.809. The fourth-order valence-electron chi connectivity index (χ4n) is 1.32. The number of nitrogens with two attached hydrogens (primary N) is 1. The molecule has 2 aromatic rings. The third-order valence-electron chi connectivity index (χ3n) is 2.20. The lowest BCUT2D eigenvalue weighted by Gasteiger charge is -2.04.